The summed E-state index contributed by atoms with van der Waals surface area (Å²) in [6.45, 7) is 14.6. The molecule has 3 aliphatic rings. The minimum absolute atomic E-state index is 0.259. The van der Waals surface area contributed by atoms with Gasteiger partial charge in [-0.1, -0.05) is 246 Å². The average molecular weight is 1180 g/mol. The van der Waals surface area contributed by atoms with Crippen LogP contribution in [0.15, 0.2) is 237 Å². The smallest absolute Gasteiger partial charge is 0.0465 e. The molecule has 0 N–H and O–H groups in total. The largest absolute Gasteiger partial charge is 0.310 e. The number of hydrogen-bond donors (Lipinski definition) is 0. The van der Waals surface area contributed by atoms with Gasteiger partial charge in [0.1, 0.15) is 0 Å². The fourth-order valence-corrected chi connectivity index (χ4v) is 16.9. The Kier molecular flexibility index (Phi) is 17.9. The number of anilines is 9. The van der Waals surface area contributed by atoms with Gasteiger partial charge in [0.15, 0.2) is 0 Å². The molecule has 0 aromatic heterocycles. The van der Waals surface area contributed by atoms with E-state index in [1.165, 1.54) is 84.6 Å². The van der Waals surface area contributed by atoms with Gasteiger partial charge in [0.2, 0.25) is 0 Å². The Balaban J connectivity index is 1.21. The van der Waals surface area contributed by atoms with E-state index in [-0.39, 0.29) is 16.2 Å². The quantitative estimate of drug-likeness (QED) is 0.0508. The van der Waals surface area contributed by atoms with Crippen molar-refractivity contribution in [1.82, 2.24) is 0 Å². The van der Waals surface area contributed by atoms with Crippen LogP contribution in [0, 0.1) is 0 Å². The molecule has 0 fully saturated rings. The lowest BCUT2D eigenvalue weighted by atomic mass is 9.63. The van der Waals surface area contributed by atoms with Crippen molar-refractivity contribution in [2.75, 3.05) is 14.7 Å². The first-order valence-corrected chi connectivity index (χ1v) is 34.8. The van der Waals surface area contributed by atoms with Crippen molar-refractivity contribution in [1.29, 1.82) is 0 Å². The van der Waals surface area contributed by atoms with Crippen molar-refractivity contribution >= 4 is 51.2 Å². The van der Waals surface area contributed by atoms with Crippen LogP contribution in [-0.2, 0) is 16.2 Å². The van der Waals surface area contributed by atoms with E-state index in [0.717, 1.165) is 116 Å². The van der Waals surface area contributed by atoms with Gasteiger partial charge in [-0.05, 0) is 214 Å². The molecule has 0 saturated heterocycles. The Morgan fingerprint density at radius 1 is 0.222 bits per heavy atom. The van der Waals surface area contributed by atoms with E-state index in [1.807, 2.05) is 0 Å². The van der Waals surface area contributed by atoms with Crippen molar-refractivity contribution in [3.8, 4) is 33.4 Å². The van der Waals surface area contributed by atoms with Crippen LogP contribution in [0.2, 0.25) is 0 Å². The number of rotatable bonds is 27. The van der Waals surface area contributed by atoms with Crippen LogP contribution in [0.3, 0.4) is 0 Å². The van der Waals surface area contributed by atoms with Gasteiger partial charge in [0, 0.05) is 67.4 Å². The van der Waals surface area contributed by atoms with Crippen LogP contribution in [0.4, 0.5) is 51.2 Å². The normalized spacial score (nSPS) is 14.1. The van der Waals surface area contributed by atoms with Crippen LogP contribution in [-0.4, -0.2) is 0 Å². The number of nitrogens with zero attached hydrogens (tertiary/aromatic N) is 3. The Hall–Kier alpha value is -8.40. The fourth-order valence-electron chi connectivity index (χ4n) is 16.9. The monoisotopic (exact) mass is 1180 g/mol. The molecule has 0 saturated carbocycles. The van der Waals surface area contributed by atoms with Gasteiger partial charge in [-0.2, -0.15) is 0 Å². The minimum Gasteiger partial charge on any atom is -0.310 e. The third kappa shape index (κ3) is 10.5. The molecule has 0 radical (unpaired) electrons. The van der Waals surface area contributed by atoms with Crippen LogP contribution in [0.5, 0.6) is 0 Å². The lowest BCUT2D eigenvalue weighted by Gasteiger charge is -2.39. The third-order valence-electron chi connectivity index (χ3n) is 20.9. The summed E-state index contributed by atoms with van der Waals surface area (Å²) in [5.41, 5.74) is 28.7. The average Bonchev–Trinajstić information content (AvgIpc) is 1.48. The zero-order valence-corrected chi connectivity index (χ0v) is 54.6. The Bertz CT molecular complexity index is 3460. The van der Waals surface area contributed by atoms with Crippen molar-refractivity contribution < 1.29 is 0 Å². The molecule has 0 heterocycles. The molecule has 90 heavy (non-hydrogen) atoms. The highest BCUT2D eigenvalue weighted by molar-refractivity contribution is 6.06. The zero-order valence-electron chi connectivity index (χ0n) is 54.6. The SMILES string of the molecule is CCCCC1(CCCC)c2cc(N(c3ccccc3)c3ccccc3)ccc2-c2c1c1c(c3c2C(CCCC)(CCCC)c2cc(N(c4ccccc4)c4ccccc4)ccc2-3)C(CCCC)(CCCC)c2cc(N(c3ccccc3)c3ccccc3)ccc2-1. The van der Waals surface area contributed by atoms with E-state index < -0.39 is 0 Å². The fraction of sp³-hybridized carbons (Fsp3) is 0.310. The molecule has 456 valence electrons. The molecule has 13 rings (SSSR count). The van der Waals surface area contributed by atoms with Gasteiger partial charge < -0.3 is 14.7 Å². The van der Waals surface area contributed by atoms with Crippen molar-refractivity contribution in [3.05, 3.63) is 270 Å². The topological polar surface area (TPSA) is 9.72 Å². The standard InChI is InChI=1S/C87H93N3/c1-7-13-55-85(56-14-8-2)76-61-70(88(64-37-25-19-26-38-64)65-39-27-20-28-40-65)49-52-73(76)79-82(85)80-74-53-50-71(89(66-41-29-21-30-42-66)67-43-31-22-32-44-67)62-77(74)86(57-15-9-3,58-16-10-4)84(80)81-75-54-51-72(63-78(75)87(83(79)81,59-17-11-5)60-18-12-6)90(68-45-33-23-34-46-68)69-47-35-24-36-48-69/h19-54,61-63H,7-18,55-60H2,1-6H3. The highest BCUT2D eigenvalue weighted by Crippen LogP contribution is 2.72. The van der Waals surface area contributed by atoms with E-state index in [1.54, 1.807) is 33.4 Å². The van der Waals surface area contributed by atoms with Gasteiger partial charge in [-0.15, -0.1) is 0 Å². The second kappa shape index (κ2) is 26.6. The zero-order chi connectivity index (χ0) is 61.7. The first-order chi connectivity index (χ1) is 44.4. The summed E-state index contributed by atoms with van der Waals surface area (Å²) in [6.07, 6.45) is 20.4. The van der Waals surface area contributed by atoms with Crippen LogP contribution in [0.1, 0.15) is 190 Å². The molecule has 0 unspecified atom stereocenters. The van der Waals surface area contributed by atoms with Crippen LogP contribution in [0.25, 0.3) is 33.4 Å². The molecule has 0 amide bonds. The van der Waals surface area contributed by atoms with Gasteiger partial charge in [-0.25, -0.2) is 0 Å². The molecule has 0 bridgehead atoms. The highest BCUT2D eigenvalue weighted by atomic mass is 15.2. The second-order valence-electron chi connectivity index (χ2n) is 26.3. The minimum atomic E-state index is -0.259. The first kappa shape index (κ1) is 60.5. The predicted molar refractivity (Wildman–Crippen MR) is 386 cm³/mol. The number of benzene rings is 10. The summed E-state index contributed by atoms with van der Waals surface area (Å²) < 4.78 is 0. The molecule has 10 aromatic rings. The number of fused-ring (bicyclic) bond motifs is 12. The van der Waals surface area contributed by atoms with Crippen molar-refractivity contribution in [2.45, 2.75) is 173 Å². The molecular formula is C87H93N3. The number of hydrogen-bond acceptors (Lipinski definition) is 3. The van der Waals surface area contributed by atoms with E-state index in [0.29, 0.717) is 0 Å². The number of unbranched alkanes of at least 4 members (excludes halogenated alkanes) is 6. The summed E-state index contributed by atoms with van der Waals surface area (Å²) in [5, 5.41) is 0. The summed E-state index contributed by atoms with van der Waals surface area (Å²) >= 11 is 0. The summed E-state index contributed by atoms with van der Waals surface area (Å²) in [6, 6.07) is 90.4. The maximum Gasteiger partial charge on any atom is 0.0465 e. The maximum atomic E-state index is 2.72. The molecule has 3 aliphatic carbocycles. The Labute approximate surface area is 539 Å². The molecule has 10 aromatic carbocycles. The molecule has 0 atom stereocenters. The highest BCUT2D eigenvalue weighted by Gasteiger charge is 2.58. The van der Waals surface area contributed by atoms with Gasteiger partial charge in [0.05, 0.1) is 0 Å². The molecule has 3 nitrogen and oxygen atoms in total. The molecule has 0 aliphatic heterocycles. The van der Waals surface area contributed by atoms with E-state index >= 15 is 0 Å². The molecule has 3 heteroatoms. The third-order valence-corrected chi connectivity index (χ3v) is 20.9. The predicted octanol–water partition coefficient (Wildman–Crippen LogP) is 26.0. The van der Waals surface area contributed by atoms with E-state index in [4.69, 9.17) is 0 Å². The maximum absolute atomic E-state index is 2.72. The van der Waals surface area contributed by atoms with Gasteiger partial charge >= 0.3 is 0 Å². The Morgan fingerprint density at radius 3 is 0.589 bits per heavy atom. The lowest BCUT2D eigenvalue weighted by molar-refractivity contribution is 0.401. The van der Waals surface area contributed by atoms with Gasteiger partial charge in [-0.3, -0.25) is 0 Å². The van der Waals surface area contributed by atoms with E-state index in [9.17, 15) is 0 Å². The second-order valence-corrected chi connectivity index (χ2v) is 26.3. The lowest BCUT2D eigenvalue weighted by Crippen LogP contribution is -2.31. The summed E-state index contributed by atoms with van der Waals surface area (Å²) in [7, 11) is 0. The first-order valence-electron chi connectivity index (χ1n) is 34.8. The van der Waals surface area contributed by atoms with E-state index in [2.05, 4.69) is 293 Å². The Morgan fingerprint density at radius 2 is 0.411 bits per heavy atom. The molecular weight excluding hydrogens is 1090 g/mol. The summed E-state index contributed by atoms with van der Waals surface area (Å²) in [4.78, 5) is 7.58. The molecule has 0 spiro atoms. The van der Waals surface area contributed by atoms with Crippen LogP contribution >= 0.6 is 0 Å². The van der Waals surface area contributed by atoms with Crippen LogP contribution < -0.4 is 14.7 Å². The summed E-state index contributed by atoms with van der Waals surface area (Å²) in [5.74, 6) is 0. The van der Waals surface area contributed by atoms with Crippen molar-refractivity contribution in [2.24, 2.45) is 0 Å². The van der Waals surface area contributed by atoms with Crippen molar-refractivity contribution in [3.63, 3.8) is 0 Å². The van der Waals surface area contributed by atoms with Gasteiger partial charge in [0.25, 0.3) is 0 Å². The number of para-hydroxylation sites is 6.